The standard InChI is InChI=1S/C28H32N2O4S2/c1-4-15-29(28(32)21-36-23-9-6-5-7-10-23)20-27(31)30(19-24-11-8-17-35-24)16-14-22-12-13-25(33-2)26(18-22)34-3/h4-13,17-18H,1,14-16,19-21H2,2-3H3. The molecule has 0 aliphatic carbocycles. The minimum absolute atomic E-state index is 0.0114. The molecule has 0 N–H and O–H groups in total. The van der Waals surface area contributed by atoms with E-state index in [1.807, 2.05) is 70.9 Å². The van der Waals surface area contributed by atoms with Gasteiger partial charge in [-0.2, -0.15) is 0 Å². The maximum absolute atomic E-state index is 13.4. The summed E-state index contributed by atoms with van der Waals surface area (Å²) < 4.78 is 10.7. The van der Waals surface area contributed by atoms with E-state index in [4.69, 9.17) is 9.47 Å². The molecule has 2 amide bonds. The highest BCUT2D eigenvalue weighted by atomic mass is 32.2. The molecular weight excluding hydrogens is 492 g/mol. The molecular formula is C28H32N2O4S2. The fourth-order valence-corrected chi connectivity index (χ4v) is 5.15. The van der Waals surface area contributed by atoms with Crippen LogP contribution in [0.5, 0.6) is 11.5 Å². The van der Waals surface area contributed by atoms with Crippen LogP contribution in [-0.2, 0) is 22.6 Å². The van der Waals surface area contributed by atoms with Crippen molar-refractivity contribution in [1.29, 1.82) is 0 Å². The Morgan fingerprint density at radius 2 is 1.75 bits per heavy atom. The van der Waals surface area contributed by atoms with E-state index in [-0.39, 0.29) is 24.1 Å². The molecule has 0 radical (unpaired) electrons. The van der Waals surface area contributed by atoms with Crippen molar-refractivity contribution in [3.05, 3.63) is 89.1 Å². The predicted octanol–water partition coefficient (Wildman–Crippen LogP) is 5.14. The van der Waals surface area contributed by atoms with Crippen LogP contribution >= 0.6 is 23.1 Å². The lowest BCUT2D eigenvalue weighted by Crippen LogP contribution is -2.44. The molecule has 0 spiro atoms. The second-order valence-corrected chi connectivity index (χ2v) is 10.1. The Balaban J connectivity index is 1.68. The first kappa shape index (κ1) is 27.4. The van der Waals surface area contributed by atoms with Gasteiger partial charge in [0.25, 0.3) is 0 Å². The molecule has 3 rings (SSSR count). The second kappa shape index (κ2) is 14.4. The fraction of sp³-hybridized carbons (Fsp3) is 0.286. The normalized spacial score (nSPS) is 10.5. The van der Waals surface area contributed by atoms with E-state index in [2.05, 4.69) is 6.58 Å². The number of amides is 2. The molecule has 0 aliphatic rings. The third kappa shape index (κ3) is 8.17. The topological polar surface area (TPSA) is 59.1 Å². The first-order valence-corrected chi connectivity index (χ1v) is 13.5. The summed E-state index contributed by atoms with van der Waals surface area (Å²) in [6.45, 7) is 5.12. The first-order valence-electron chi connectivity index (χ1n) is 11.6. The summed E-state index contributed by atoms with van der Waals surface area (Å²) in [6, 6.07) is 19.5. The summed E-state index contributed by atoms with van der Waals surface area (Å²) in [5.74, 6) is 1.41. The van der Waals surface area contributed by atoms with Gasteiger partial charge in [-0.05, 0) is 47.7 Å². The van der Waals surface area contributed by atoms with Crippen molar-refractivity contribution in [2.75, 3.05) is 39.6 Å². The highest BCUT2D eigenvalue weighted by Gasteiger charge is 2.21. The molecule has 0 bridgehead atoms. The third-order valence-electron chi connectivity index (χ3n) is 5.53. The molecule has 0 saturated heterocycles. The molecule has 3 aromatic rings. The van der Waals surface area contributed by atoms with Gasteiger partial charge in [-0.3, -0.25) is 9.59 Å². The van der Waals surface area contributed by atoms with Gasteiger partial charge in [0, 0.05) is 22.9 Å². The van der Waals surface area contributed by atoms with Gasteiger partial charge < -0.3 is 19.3 Å². The van der Waals surface area contributed by atoms with E-state index in [0.717, 1.165) is 15.3 Å². The smallest absolute Gasteiger partial charge is 0.242 e. The monoisotopic (exact) mass is 524 g/mol. The molecule has 0 atom stereocenters. The number of carbonyl (C=O) groups is 2. The van der Waals surface area contributed by atoms with Gasteiger partial charge >= 0.3 is 0 Å². The van der Waals surface area contributed by atoms with Crippen LogP contribution in [0.15, 0.2) is 83.6 Å². The van der Waals surface area contributed by atoms with Crippen molar-refractivity contribution in [3.63, 3.8) is 0 Å². The Bertz CT molecular complexity index is 1120. The summed E-state index contributed by atoms with van der Waals surface area (Å²) in [7, 11) is 3.21. The summed E-state index contributed by atoms with van der Waals surface area (Å²) in [5, 5.41) is 2.00. The lowest BCUT2D eigenvalue weighted by molar-refractivity contribution is -0.139. The summed E-state index contributed by atoms with van der Waals surface area (Å²) >= 11 is 3.08. The number of ether oxygens (including phenoxy) is 2. The number of hydrogen-bond donors (Lipinski definition) is 0. The maximum atomic E-state index is 13.4. The Labute approximate surface area is 221 Å². The van der Waals surface area contributed by atoms with Crippen molar-refractivity contribution in [3.8, 4) is 11.5 Å². The van der Waals surface area contributed by atoms with Crippen LogP contribution < -0.4 is 9.47 Å². The molecule has 36 heavy (non-hydrogen) atoms. The molecule has 0 aliphatic heterocycles. The van der Waals surface area contributed by atoms with Gasteiger partial charge in [-0.25, -0.2) is 0 Å². The number of hydrogen-bond acceptors (Lipinski definition) is 6. The van der Waals surface area contributed by atoms with E-state index in [1.54, 1.807) is 36.5 Å². The maximum Gasteiger partial charge on any atom is 0.242 e. The predicted molar refractivity (Wildman–Crippen MR) is 147 cm³/mol. The number of nitrogens with zero attached hydrogens (tertiary/aromatic N) is 2. The molecule has 1 heterocycles. The summed E-state index contributed by atoms with van der Waals surface area (Å²) in [5.41, 5.74) is 1.04. The highest BCUT2D eigenvalue weighted by molar-refractivity contribution is 8.00. The quantitative estimate of drug-likeness (QED) is 0.216. The molecule has 1 aromatic heterocycles. The van der Waals surface area contributed by atoms with Gasteiger partial charge in [0.2, 0.25) is 11.8 Å². The van der Waals surface area contributed by atoms with Gasteiger partial charge in [0.15, 0.2) is 11.5 Å². The van der Waals surface area contributed by atoms with Gasteiger partial charge in [-0.15, -0.1) is 29.7 Å². The van der Waals surface area contributed by atoms with Crippen molar-refractivity contribution in [2.24, 2.45) is 0 Å². The van der Waals surface area contributed by atoms with Crippen LogP contribution in [0.25, 0.3) is 0 Å². The zero-order valence-electron chi connectivity index (χ0n) is 20.7. The lowest BCUT2D eigenvalue weighted by atomic mass is 10.1. The molecule has 0 unspecified atom stereocenters. The average molecular weight is 525 g/mol. The van der Waals surface area contributed by atoms with Crippen molar-refractivity contribution in [2.45, 2.75) is 17.9 Å². The zero-order chi connectivity index (χ0) is 25.8. The minimum atomic E-state index is -0.0937. The SMILES string of the molecule is C=CCN(CC(=O)N(CCc1ccc(OC)c(OC)c1)Cc1cccs1)C(=O)CSc1ccccc1. The highest BCUT2D eigenvalue weighted by Crippen LogP contribution is 2.28. The van der Waals surface area contributed by atoms with Crippen molar-refractivity contribution >= 4 is 34.9 Å². The van der Waals surface area contributed by atoms with Crippen molar-refractivity contribution in [1.82, 2.24) is 9.80 Å². The molecule has 6 nitrogen and oxygen atoms in total. The number of thiophene rings is 1. The van der Waals surface area contributed by atoms with Gasteiger partial charge in [0.05, 0.1) is 26.5 Å². The number of benzene rings is 2. The second-order valence-electron chi connectivity index (χ2n) is 8.00. The minimum Gasteiger partial charge on any atom is -0.493 e. The molecule has 8 heteroatoms. The summed E-state index contributed by atoms with van der Waals surface area (Å²) in [4.78, 5) is 31.9. The van der Waals surface area contributed by atoms with E-state index in [0.29, 0.717) is 37.6 Å². The third-order valence-corrected chi connectivity index (χ3v) is 7.39. The van der Waals surface area contributed by atoms with Crippen molar-refractivity contribution < 1.29 is 19.1 Å². The van der Waals surface area contributed by atoms with Crippen LogP contribution in [-0.4, -0.2) is 61.2 Å². The van der Waals surface area contributed by atoms with Crippen LogP contribution in [0, 0.1) is 0 Å². The molecule has 190 valence electrons. The van der Waals surface area contributed by atoms with Gasteiger partial charge in [0.1, 0.15) is 6.54 Å². The average Bonchev–Trinajstić information content (AvgIpc) is 3.43. The summed E-state index contributed by atoms with van der Waals surface area (Å²) in [6.07, 6.45) is 2.31. The Kier molecular flexibility index (Phi) is 10.9. The molecule has 0 fully saturated rings. The van der Waals surface area contributed by atoms with Crippen LogP contribution in [0.2, 0.25) is 0 Å². The lowest BCUT2D eigenvalue weighted by Gasteiger charge is -2.27. The van der Waals surface area contributed by atoms with E-state index < -0.39 is 0 Å². The van der Waals surface area contributed by atoms with Gasteiger partial charge in [-0.1, -0.05) is 36.4 Å². The fourth-order valence-electron chi connectivity index (χ4n) is 3.61. The molecule has 0 saturated carbocycles. The Morgan fingerprint density at radius 1 is 0.972 bits per heavy atom. The van der Waals surface area contributed by atoms with E-state index in [9.17, 15) is 9.59 Å². The zero-order valence-corrected chi connectivity index (χ0v) is 22.4. The Morgan fingerprint density at radius 3 is 2.42 bits per heavy atom. The number of thioether (sulfide) groups is 1. The Hall–Kier alpha value is -3.23. The van der Waals surface area contributed by atoms with E-state index in [1.165, 1.54) is 11.8 Å². The van der Waals surface area contributed by atoms with Crippen LogP contribution in [0.4, 0.5) is 0 Å². The number of rotatable bonds is 14. The number of carbonyl (C=O) groups excluding carboxylic acids is 2. The first-order chi connectivity index (χ1) is 17.5. The van der Waals surface area contributed by atoms with E-state index >= 15 is 0 Å². The molecule has 2 aromatic carbocycles. The van der Waals surface area contributed by atoms with Crippen LogP contribution in [0.3, 0.4) is 0 Å². The van der Waals surface area contributed by atoms with Crippen LogP contribution in [0.1, 0.15) is 10.4 Å². The number of methoxy groups -OCH3 is 2. The largest absolute Gasteiger partial charge is 0.493 e.